The number of anilines is 3. The first-order chi connectivity index (χ1) is 28.5. The fourth-order valence-corrected chi connectivity index (χ4v) is 9.61. The predicted octanol–water partition coefficient (Wildman–Crippen LogP) is 15.7. The summed E-state index contributed by atoms with van der Waals surface area (Å²) in [7, 11) is 0. The minimum absolute atomic E-state index is 0.152. The summed E-state index contributed by atoms with van der Waals surface area (Å²) in [6.45, 7) is 4.68. The second kappa shape index (κ2) is 12.3. The molecule has 0 fully saturated rings. The van der Waals surface area contributed by atoms with Gasteiger partial charge in [-0.3, -0.25) is 0 Å². The van der Waals surface area contributed by atoms with Crippen LogP contribution >= 0.6 is 0 Å². The monoisotopic (exact) mass is 743 g/mol. The van der Waals surface area contributed by atoms with Gasteiger partial charge in [0.05, 0.1) is 5.69 Å². The van der Waals surface area contributed by atoms with Crippen LogP contribution in [-0.2, 0) is 5.41 Å². The minimum atomic E-state index is -0.152. The zero-order valence-electron chi connectivity index (χ0n) is 32.2. The van der Waals surface area contributed by atoms with Crippen molar-refractivity contribution < 1.29 is 8.83 Å². The highest BCUT2D eigenvalue weighted by Crippen LogP contribution is 2.52. The van der Waals surface area contributed by atoms with Gasteiger partial charge in [-0.1, -0.05) is 153 Å². The molecule has 3 heteroatoms. The topological polar surface area (TPSA) is 29.5 Å². The molecule has 0 amide bonds. The number of rotatable bonds is 5. The maximum atomic E-state index is 6.90. The molecule has 0 atom stereocenters. The van der Waals surface area contributed by atoms with E-state index in [4.69, 9.17) is 8.83 Å². The Morgan fingerprint density at radius 2 is 1.03 bits per heavy atom. The Balaban J connectivity index is 1.09. The lowest BCUT2D eigenvalue weighted by molar-refractivity contribution is 0.660. The minimum Gasteiger partial charge on any atom is -0.455 e. The van der Waals surface area contributed by atoms with E-state index >= 15 is 0 Å². The third kappa shape index (κ3) is 4.80. The molecule has 0 saturated carbocycles. The summed E-state index contributed by atoms with van der Waals surface area (Å²) in [5.74, 6) is 0. The number of para-hydroxylation sites is 2. The number of hydrogen-bond acceptors (Lipinski definition) is 3. The molecule has 0 bridgehead atoms. The summed E-state index contributed by atoms with van der Waals surface area (Å²) in [6, 6.07) is 67.6. The highest BCUT2D eigenvalue weighted by Gasteiger charge is 2.36. The molecule has 0 N–H and O–H groups in total. The van der Waals surface area contributed by atoms with Crippen molar-refractivity contribution in [3.05, 3.63) is 199 Å². The molecule has 274 valence electrons. The van der Waals surface area contributed by atoms with Crippen molar-refractivity contribution >= 4 is 71.7 Å². The summed E-state index contributed by atoms with van der Waals surface area (Å²) < 4.78 is 13.6. The van der Waals surface area contributed by atoms with Crippen molar-refractivity contribution in [3.63, 3.8) is 0 Å². The normalized spacial score (nSPS) is 13.1. The van der Waals surface area contributed by atoms with Crippen LogP contribution in [0.15, 0.2) is 197 Å². The molecule has 0 saturated heterocycles. The standard InChI is InChI=1S/C55H37NO2/c1-55(2)47-20-10-8-17-41(47)42-29-27-39(33-48(42)55)56(49-21-12-19-44-43-18-9-11-22-50(43)57-53(44)49)38-28-30-51-45(32-38)46-31-37-15-6-7-16-40(37)52(54(46)58-51)36-25-23-35(24-26-36)34-13-4-3-5-14-34/h3-33H,1-2H3. The van der Waals surface area contributed by atoms with Gasteiger partial charge in [-0.2, -0.15) is 0 Å². The van der Waals surface area contributed by atoms with Crippen molar-refractivity contribution in [2.45, 2.75) is 19.3 Å². The van der Waals surface area contributed by atoms with E-state index in [-0.39, 0.29) is 5.41 Å². The molecule has 58 heavy (non-hydrogen) atoms. The van der Waals surface area contributed by atoms with Gasteiger partial charge in [-0.05, 0) is 98.2 Å². The number of furan rings is 2. The molecule has 11 aromatic rings. The number of hydrogen-bond donors (Lipinski definition) is 0. The van der Waals surface area contributed by atoms with Crippen molar-refractivity contribution in [2.75, 3.05) is 4.90 Å². The fourth-order valence-electron chi connectivity index (χ4n) is 9.61. The smallest absolute Gasteiger partial charge is 0.159 e. The molecule has 9 aromatic carbocycles. The van der Waals surface area contributed by atoms with Crippen LogP contribution < -0.4 is 4.90 Å². The molecule has 2 heterocycles. The Bertz CT molecular complexity index is 3420. The molecule has 0 aliphatic heterocycles. The van der Waals surface area contributed by atoms with E-state index in [0.29, 0.717) is 0 Å². The van der Waals surface area contributed by atoms with Crippen LogP contribution in [0.25, 0.3) is 88.0 Å². The largest absolute Gasteiger partial charge is 0.455 e. The Labute approximate surface area is 336 Å². The first-order valence-electron chi connectivity index (χ1n) is 20.0. The zero-order valence-corrected chi connectivity index (χ0v) is 32.2. The Kier molecular flexibility index (Phi) is 6.98. The number of nitrogens with zero attached hydrogens (tertiary/aromatic N) is 1. The zero-order chi connectivity index (χ0) is 38.5. The molecule has 1 aliphatic rings. The molecule has 3 nitrogen and oxygen atoms in total. The van der Waals surface area contributed by atoms with Crippen LogP contribution in [0.5, 0.6) is 0 Å². The molecular formula is C55H37NO2. The van der Waals surface area contributed by atoms with Gasteiger partial charge < -0.3 is 13.7 Å². The van der Waals surface area contributed by atoms with Gasteiger partial charge in [0, 0.05) is 43.9 Å². The molecule has 1 aliphatic carbocycles. The van der Waals surface area contributed by atoms with Gasteiger partial charge in [-0.25, -0.2) is 0 Å². The first-order valence-corrected chi connectivity index (χ1v) is 20.0. The maximum absolute atomic E-state index is 6.90. The third-order valence-electron chi connectivity index (χ3n) is 12.5. The lowest BCUT2D eigenvalue weighted by atomic mass is 9.82. The molecule has 0 radical (unpaired) electrons. The highest BCUT2D eigenvalue weighted by atomic mass is 16.3. The summed E-state index contributed by atoms with van der Waals surface area (Å²) >= 11 is 0. The Morgan fingerprint density at radius 3 is 1.91 bits per heavy atom. The van der Waals surface area contributed by atoms with E-state index in [1.807, 2.05) is 6.07 Å². The van der Waals surface area contributed by atoms with Crippen LogP contribution in [0, 0.1) is 0 Å². The van der Waals surface area contributed by atoms with Gasteiger partial charge >= 0.3 is 0 Å². The van der Waals surface area contributed by atoms with Crippen molar-refractivity contribution in [1.82, 2.24) is 0 Å². The SMILES string of the molecule is CC1(C)c2ccccc2-c2ccc(N(c3ccc4oc5c(-c6ccc(-c7ccccc7)cc6)c6ccccc6cc5c4c3)c3cccc4c3oc3ccccc34)cc21. The predicted molar refractivity (Wildman–Crippen MR) is 242 cm³/mol. The van der Waals surface area contributed by atoms with Crippen LogP contribution in [0.3, 0.4) is 0 Å². The van der Waals surface area contributed by atoms with Crippen molar-refractivity contribution in [1.29, 1.82) is 0 Å². The molecule has 0 unspecified atom stereocenters. The summed E-state index contributed by atoms with van der Waals surface area (Å²) in [6.07, 6.45) is 0. The van der Waals surface area contributed by atoms with Crippen molar-refractivity contribution in [3.8, 4) is 33.4 Å². The molecule has 0 spiro atoms. The molecule has 12 rings (SSSR count). The highest BCUT2D eigenvalue weighted by molar-refractivity contribution is 6.19. The molecular weight excluding hydrogens is 707 g/mol. The number of fused-ring (bicyclic) bond motifs is 10. The van der Waals surface area contributed by atoms with Gasteiger partial charge in [-0.15, -0.1) is 0 Å². The summed E-state index contributed by atoms with van der Waals surface area (Å²) in [4.78, 5) is 2.37. The van der Waals surface area contributed by atoms with E-state index in [1.165, 1.54) is 44.2 Å². The van der Waals surface area contributed by atoms with E-state index in [9.17, 15) is 0 Å². The second-order valence-electron chi connectivity index (χ2n) is 16.1. The van der Waals surface area contributed by atoms with E-state index in [2.05, 4.69) is 201 Å². The van der Waals surface area contributed by atoms with Crippen molar-refractivity contribution in [2.24, 2.45) is 0 Å². The van der Waals surface area contributed by atoms with Crippen LogP contribution in [-0.4, -0.2) is 0 Å². The maximum Gasteiger partial charge on any atom is 0.159 e. The summed E-state index contributed by atoms with van der Waals surface area (Å²) in [5, 5.41) is 6.70. The van der Waals surface area contributed by atoms with Crippen LogP contribution in [0.1, 0.15) is 25.0 Å². The first kappa shape index (κ1) is 32.8. The van der Waals surface area contributed by atoms with E-state index < -0.39 is 0 Å². The van der Waals surface area contributed by atoms with Gasteiger partial charge in [0.1, 0.15) is 16.7 Å². The van der Waals surface area contributed by atoms with Crippen LogP contribution in [0.4, 0.5) is 17.1 Å². The lowest BCUT2D eigenvalue weighted by Crippen LogP contribution is -2.16. The molecule has 2 aromatic heterocycles. The Hall–Kier alpha value is -7.36. The average molecular weight is 744 g/mol. The quantitative estimate of drug-likeness (QED) is 0.176. The third-order valence-corrected chi connectivity index (χ3v) is 12.5. The van der Waals surface area contributed by atoms with E-state index in [0.717, 1.165) is 72.1 Å². The number of benzene rings is 9. The lowest BCUT2D eigenvalue weighted by Gasteiger charge is -2.28. The van der Waals surface area contributed by atoms with Gasteiger partial charge in [0.2, 0.25) is 0 Å². The van der Waals surface area contributed by atoms with E-state index in [1.54, 1.807) is 0 Å². The average Bonchev–Trinajstić information content (AvgIpc) is 3.91. The Morgan fingerprint density at radius 1 is 0.397 bits per heavy atom. The van der Waals surface area contributed by atoms with Crippen LogP contribution in [0.2, 0.25) is 0 Å². The summed E-state index contributed by atoms with van der Waals surface area (Å²) in [5.41, 5.74) is 16.3. The van der Waals surface area contributed by atoms with Gasteiger partial charge in [0.25, 0.3) is 0 Å². The second-order valence-corrected chi connectivity index (χ2v) is 16.1. The van der Waals surface area contributed by atoms with Gasteiger partial charge in [0.15, 0.2) is 5.58 Å². The fraction of sp³-hybridized carbons (Fsp3) is 0.0545.